The number of nitrogens with two attached hydrogens (primary N) is 1. The number of carbonyl (C=O) groups is 1. The van der Waals surface area contributed by atoms with Gasteiger partial charge in [0.1, 0.15) is 0 Å². The van der Waals surface area contributed by atoms with Gasteiger partial charge in [0.05, 0.1) is 12.3 Å². The van der Waals surface area contributed by atoms with Crippen LogP contribution in [0.4, 0.5) is 10.7 Å². The van der Waals surface area contributed by atoms with Crippen molar-refractivity contribution in [2.45, 2.75) is 25.7 Å². The third-order valence-corrected chi connectivity index (χ3v) is 2.99. The summed E-state index contributed by atoms with van der Waals surface area (Å²) in [7, 11) is 0. The summed E-state index contributed by atoms with van der Waals surface area (Å²) in [5.74, 6) is 0.662. The van der Waals surface area contributed by atoms with Crippen molar-refractivity contribution < 1.29 is 14.1 Å². The first-order valence-corrected chi connectivity index (χ1v) is 5.84. The molecule has 1 fully saturated rings. The quantitative estimate of drug-likeness (QED) is 0.847. The highest BCUT2D eigenvalue weighted by molar-refractivity contribution is 5.67. The molecule has 0 aromatic carbocycles. The van der Waals surface area contributed by atoms with Gasteiger partial charge in [0.25, 0.3) is 0 Å². The molecule has 2 N–H and O–H groups in total. The van der Waals surface area contributed by atoms with Crippen LogP contribution >= 0.6 is 0 Å². The van der Waals surface area contributed by atoms with Crippen LogP contribution in [-0.2, 0) is 4.74 Å². The summed E-state index contributed by atoms with van der Waals surface area (Å²) >= 11 is 0. The number of hydrogen-bond donors (Lipinski definition) is 1. The van der Waals surface area contributed by atoms with Crippen molar-refractivity contribution in [1.29, 1.82) is 0 Å². The first-order valence-electron chi connectivity index (χ1n) is 5.84. The number of nitrogen functional groups attached to an aromatic ring is 1. The number of carbonyl (C=O) groups excluding carboxylic acids is 1. The normalized spacial score (nSPS) is 17.1. The second-order valence-electron chi connectivity index (χ2n) is 4.11. The Morgan fingerprint density at radius 3 is 2.88 bits per heavy atom. The molecule has 2 heterocycles. The van der Waals surface area contributed by atoms with E-state index in [1.54, 1.807) is 11.0 Å². The summed E-state index contributed by atoms with van der Waals surface area (Å²) < 4.78 is 9.81. The average Bonchev–Trinajstić information content (AvgIpc) is 2.76. The molecule has 2 rings (SSSR count). The van der Waals surface area contributed by atoms with Crippen LogP contribution in [0.5, 0.6) is 0 Å². The van der Waals surface area contributed by atoms with Crippen molar-refractivity contribution in [1.82, 2.24) is 10.1 Å². The van der Waals surface area contributed by atoms with Crippen LogP contribution in [0.15, 0.2) is 10.6 Å². The Bertz CT molecular complexity index is 383. The SMILES string of the molecule is CCOC(=O)N1CCC(c2cc(N)on2)CC1. The van der Waals surface area contributed by atoms with Gasteiger partial charge in [-0.1, -0.05) is 5.16 Å². The molecule has 6 nitrogen and oxygen atoms in total. The van der Waals surface area contributed by atoms with E-state index in [1.165, 1.54) is 0 Å². The number of anilines is 1. The summed E-state index contributed by atoms with van der Waals surface area (Å²) in [6.45, 7) is 3.61. The van der Waals surface area contributed by atoms with Crippen LogP contribution in [0, 0.1) is 0 Å². The highest BCUT2D eigenvalue weighted by Crippen LogP contribution is 2.28. The Morgan fingerprint density at radius 2 is 2.35 bits per heavy atom. The van der Waals surface area contributed by atoms with Gasteiger partial charge < -0.3 is 19.9 Å². The second kappa shape index (κ2) is 5.07. The van der Waals surface area contributed by atoms with Crippen molar-refractivity contribution in [3.63, 3.8) is 0 Å². The van der Waals surface area contributed by atoms with E-state index in [0.29, 0.717) is 31.5 Å². The maximum atomic E-state index is 11.5. The fraction of sp³-hybridized carbons (Fsp3) is 0.636. The molecule has 1 aromatic rings. The Kier molecular flexibility index (Phi) is 3.51. The molecule has 0 saturated carbocycles. The van der Waals surface area contributed by atoms with Crippen molar-refractivity contribution in [3.05, 3.63) is 11.8 Å². The van der Waals surface area contributed by atoms with Gasteiger partial charge in [0, 0.05) is 25.1 Å². The Labute approximate surface area is 99.7 Å². The lowest BCUT2D eigenvalue weighted by Gasteiger charge is -2.30. The van der Waals surface area contributed by atoms with Crippen LogP contribution in [0.2, 0.25) is 0 Å². The van der Waals surface area contributed by atoms with Gasteiger partial charge in [-0.15, -0.1) is 0 Å². The van der Waals surface area contributed by atoms with E-state index >= 15 is 0 Å². The third-order valence-electron chi connectivity index (χ3n) is 2.99. The number of nitrogens with zero attached hydrogens (tertiary/aromatic N) is 2. The molecule has 1 amide bonds. The molecule has 1 aliphatic rings. The molecule has 0 spiro atoms. The van der Waals surface area contributed by atoms with E-state index in [4.69, 9.17) is 15.0 Å². The minimum absolute atomic E-state index is 0.231. The molecule has 17 heavy (non-hydrogen) atoms. The fourth-order valence-corrected chi connectivity index (χ4v) is 2.07. The van der Waals surface area contributed by atoms with Crippen molar-refractivity contribution in [2.24, 2.45) is 0 Å². The lowest BCUT2D eigenvalue weighted by atomic mass is 9.94. The molecule has 94 valence electrons. The average molecular weight is 239 g/mol. The largest absolute Gasteiger partial charge is 0.450 e. The Morgan fingerprint density at radius 1 is 1.65 bits per heavy atom. The van der Waals surface area contributed by atoms with Crippen molar-refractivity contribution in [3.8, 4) is 0 Å². The van der Waals surface area contributed by atoms with E-state index in [0.717, 1.165) is 18.5 Å². The summed E-state index contributed by atoms with van der Waals surface area (Å²) in [5.41, 5.74) is 6.37. The lowest BCUT2D eigenvalue weighted by Crippen LogP contribution is -2.38. The lowest BCUT2D eigenvalue weighted by molar-refractivity contribution is 0.0967. The van der Waals surface area contributed by atoms with E-state index in [1.807, 2.05) is 6.92 Å². The minimum Gasteiger partial charge on any atom is -0.450 e. The predicted octanol–water partition coefficient (Wildman–Crippen LogP) is 1.59. The van der Waals surface area contributed by atoms with Crippen molar-refractivity contribution in [2.75, 3.05) is 25.4 Å². The van der Waals surface area contributed by atoms with Gasteiger partial charge in [-0.25, -0.2) is 4.79 Å². The van der Waals surface area contributed by atoms with E-state index in [-0.39, 0.29) is 6.09 Å². The van der Waals surface area contributed by atoms with Crippen LogP contribution < -0.4 is 5.73 Å². The number of likely N-dealkylation sites (tertiary alicyclic amines) is 1. The van der Waals surface area contributed by atoms with Crippen LogP contribution in [-0.4, -0.2) is 35.8 Å². The molecule has 1 saturated heterocycles. The molecule has 0 atom stereocenters. The number of ether oxygens (including phenoxy) is 1. The topological polar surface area (TPSA) is 81.6 Å². The number of piperidine rings is 1. The molecule has 6 heteroatoms. The van der Waals surface area contributed by atoms with Gasteiger partial charge in [0.15, 0.2) is 0 Å². The van der Waals surface area contributed by atoms with Crippen molar-refractivity contribution >= 4 is 12.0 Å². The summed E-state index contributed by atoms with van der Waals surface area (Å²) in [6, 6.07) is 1.75. The van der Waals surface area contributed by atoms with Crippen LogP contribution in [0.25, 0.3) is 0 Å². The summed E-state index contributed by atoms with van der Waals surface area (Å²) in [6.07, 6.45) is 1.50. The van der Waals surface area contributed by atoms with E-state index in [9.17, 15) is 4.79 Å². The third kappa shape index (κ3) is 2.69. The molecule has 1 aliphatic heterocycles. The maximum Gasteiger partial charge on any atom is 0.409 e. The molecular weight excluding hydrogens is 222 g/mol. The van der Waals surface area contributed by atoms with Crippen LogP contribution in [0.1, 0.15) is 31.4 Å². The number of hydrogen-bond acceptors (Lipinski definition) is 5. The molecule has 0 aliphatic carbocycles. The molecule has 0 unspecified atom stereocenters. The molecule has 0 bridgehead atoms. The molecule has 0 radical (unpaired) electrons. The number of amides is 1. The number of aromatic nitrogens is 1. The van der Waals surface area contributed by atoms with E-state index < -0.39 is 0 Å². The van der Waals surface area contributed by atoms with Gasteiger partial charge in [0.2, 0.25) is 5.88 Å². The highest BCUT2D eigenvalue weighted by Gasteiger charge is 2.26. The monoisotopic (exact) mass is 239 g/mol. The first-order chi connectivity index (χ1) is 8.20. The maximum absolute atomic E-state index is 11.5. The molecular formula is C11H17N3O3. The smallest absolute Gasteiger partial charge is 0.409 e. The van der Waals surface area contributed by atoms with Gasteiger partial charge in [-0.2, -0.15) is 0 Å². The predicted molar refractivity (Wildman–Crippen MR) is 61.5 cm³/mol. The Hall–Kier alpha value is -1.72. The first kappa shape index (κ1) is 11.8. The highest BCUT2D eigenvalue weighted by atomic mass is 16.6. The van der Waals surface area contributed by atoms with Gasteiger partial charge in [-0.05, 0) is 19.8 Å². The van der Waals surface area contributed by atoms with Crippen LogP contribution in [0.3, 0.4) is 0 Å². The van der Waals surface area contributed by atoms with E-state index in [2.05, 4.69) is 5.16 Å². The number of rotatable bonds is 2. The minimum atomic E-state index is -0.231. The fourth-order valence-electron chi connectivity index (χ4n) is 2.07. The Balaban J connectivity index is 1.88. The van der Waals surface area contributed by atoms with Gasteiger partial charge >= 0.3 is 6.09 Å². The molecule has 1 aromatic heterocycles. The zero-order valence-corrected chi connectivity index (χ0v) is 9.89. The summed E-state index contributed by atoms with van der Waals surface area (Å²) in [5, 5.41) is 3.91. The zero-order chi connectivity index (χ0) is 12.3. The second-order valence-corrected chi connectivity index (χ2v) is 4.11. The zero-order valence-electron chi connectivity index (χ0n) is 9.89. The van der Waals surface area contributed by atoms with Gasteiger partial charge in [-0.3, -0.25) is 0 Å². The standard InChI is InChI=1S/C11H17N3O3/c1-2-16-11(15)14-5-3-8(4-6-14)9-7-10(12)17-13-9/h7-8H,2-6,12H2,1H3. The summed E-state index contributed by atoms with van der Waals surface area (Å²) in [4.78, 5) is 13.2.